The highest BCUT2D eigenvalue weighted by Crippen LogP contribution is 2.38. The lowest BCUT2D eigenvalue weighted by molar-refractivity contribution is 0.0166. The Bertz CT molecular complexity index is 1410. The van der Waals surface area contributed by atoms with Crippen molar-refractivity contribution in [1.29, 1.82) is 5.41 Å². The molecule has 1 aliphatic heterocycles. The molecular formula is C24H26F3N7OS. The minimum Gasteiger partial charge on any atom is -0.397 e. The average Bonchev–Trinajstić information content (AvgIpc) is 3.54. The van der Waals surface area contributed by atoms with Crippen LogP contribution in [0.1, 0.15) is 40.6 Å². The first-order chi connectivity index (χ1) is 17.1. The molecule has 36 heavy (non-hydrogen) atoms. The highest BCUT2D eigenvalue weighted by molar-refractivity contribution is 7.97. The fourth-order valence-electron chi connectivity index (χ4n) is 4.39. The molecule has 0 bridgehead atoms. The first-order valence-corrected chi connectivity index (χ1v) is 12.3. The first kappa shape index (κ1) is 24.4. The maximum absolute atomic E-state index is 14.8. The zero-order valence-corrected chi connectivity index (χ0v) is 20.6. The topological polar surface area (TPSA) is 105 Å². The number of halogens is 3. The van der Waals surface area contributed by atoms with Gasteiger partial charge < -0.3 is 21.0 Å². The normalized spacial score (nSPS) is 18.1. The van der Waals surface area contributed by atoms with Gasteiger partial charge in [0.15, 0.2) is 0 Å². The summed E-state index contributed by atoms with van der Waals surface area (Å²) in [5, 5.41) is 15.4. The van der Waals surface area contributed by atoms with Gasteiger partial charge in [-0.1, -0.05) is 0 Å². The molecule has 1 saturated carbocycles. The number of carbonyl (C=O) groups is 1. The van der Waals surface area contributed by atoms with Gasteiger partial charge in [-0.25, -0.2) is 8.70 Å². The minimum atomic E-state index is -3.25. The van der Waals surface area contributed by atoms with Gasteiger partial charge in [0.2, 0.25) is 0 Å². The second-order valence-corrected chi connectivity index (χ2v) is 10.3. The number of carbonyl (C=O) groups excluding carboxylic acids is 1. The van der Waals surface area contributed by atoms with Crippen LogP contribution in [0.25, 0.3) is 10.9 Å². The Morgan fingerprint density at radius 3 is 2.83 bits per heavy atom. The molecule has 190 valence electrons. The lowest BCUT2D eigenvalue weighted by Gasteiger charge is -2.32. The van der Waals surface area contributed by atoms with Crippen molar-refractivity contribution < 1.29 is 18.0 Å². The highest BCUT2D eigenvalue weighted by atomic mass is 32.2. The number of nitrogens with zero attached hydrogens (tertiary/aromatic N) is 4. The van der Waals surface area contributed by atoms with E-state index in [4.69, 9.17) is 11.1 Å². The monoisotopic (exact) mass is 517 g/mol. The van der Waals surface area contributed by atoms with E-state index in [1.807, 2.05) is 4.68 Å². The number of amides is 1. The fourth-order valence-corrected chi connectivity index (χ4v) is 5.53. The summed E-state index contributed by atoms with van der Waals surface area (Å²) >= 11 is 1.09. The van der Waals surface area contributed by atoms with Gasteiger partial charge in [-0.3, -0.25) is 9.48 Å². The van der Waals surface area contributed by atoms with Crippen LogP contribution in [0, 0.1) is 18.2 Å². The average molecular weight is 518 g/mol. The SMILES string of the molecule is Cc1c(SN2CC(C=N)=C(N)C(F)(F)C2)cc(C(=O)NCc2c(F)ccc3cnn(C4CC4)c23)n1C. The molecule has 0 radical (unpaired) electrons. The smallest absolute Gasteiger partial charge is 0.300 e. The van der Waals surface area contributed by atoms with Crippen molar-refractivity contribution in [2.75, 3.05) is 13.1 Å². The maximum Gasteiger partial charge on any atom is 0.300 e. The predicted octanol–water partition coefficient (Wildman–Crippen LogP) is 3.91. The van der Waals surface area contributed by atoms with Gasteiger partial charge in [0.1, 0.15) is 11.5 Å². The van der Waals surface area contributed by atoms with Gasteiger partial charge in [0, 0.05) is 53.5 Å². The molecule has 12 heteroatoms. The van der Waals surface area contributed by atoms with E-state index in [-0.39, 0.29) is 24.7 Å². The van der Waals surface area contributed by atoms with Gasteiger partial charge in [-0.2, -0.15) is 13.9 Å². The Kier molecular flexibility index (Phi) is 6.11. The van der Waals surface area contributed by atoms with E-state index >= 15 is 0 Å². The molecule has 0 atom stereocenters. The van der Waals surface area contributed by atoms with Crippen LogP contribution in [-0.2, 0) is 13.6 Å². The number of hydrogen-bond donors (Lipinski definition) is 3. The van der Waals surface area contributed by atoms with E-state index < -0.39 is 29.9 Å². The number of fused-ring (bicyclic) bond motifs is 1. The second kappa shape index (κ2) is 9.00. The Labute approximate surface area is 209 Å². The summed E-state index contributed by atoms with van der Waals surface area (Å²) in [6, 6.07) is 4.95. The summed E-state index contributed by atoms with van der Waals surface area (Å²) in [5.74, 6) is -4.07. The molecule has 2 aromatic heterocycles. The van der Waals surface area contributed by atoms with Crippen molar-refractivity contribution >= 4 is 35.0 Å². The maximum atomic E-state index is 14.8. The second-order valence-electron chi connectivity index (χ2n) is 9.18. The predicted molar refractivity (Wildman–Crippen MR) is 132 cm³/mol. The van der Waals surface area contributed by atoms with Crippen LogP contribution in [0.15, 0.2) is 40.6 Å². The Balaban J connectivity index is 1.34. The molecule has 2 aliphatic rings. The zero-order valence-electron chi connectivity index (χ0n) is 19.8. The molecule has 0 unspecified atom stereocenters. The molecular weight excluding hydrogens is 491 g/mol. The zero-order chi connectivity index (χ0) is 25.8. The number of nitrogens with one attached hydrogen (secondary N) is 2. The van der Waals surface area contributed by atoms with Gasteiger partial charge in [0.05, 0.1) is 30.0 Å². The number of aromatic nitrogens is 3. The third kappa shape index (κ3) is 4.28. The van der Waals surface area contributed by atoms with E-state index in [2.05, 4.69) is 10.4 Å². The van der Waals surface area contributed by atoms with Crippen LogP contribution in [0.2, 0.25) is 0 Å². The molecule has 3 heterocycles. The van der Waals surface area contributed by atoms with Crippen LogP contribution >= 0.6 is 11.9 Å². The summed E-state index contributed by atoms with van der Waals surface area (Å²) in [6.07, 6.45) is 4.55. The molecule has 0 spiro atoms. The third-order valence-corrected chi connectivity index (χ3v) is 7.84. The van der Waals surface area contributed by atoms with E-state index in [0.29, 0.717) is 27.4 Å². The number of hydrogen-bond acceptors (Lipinski definition) is 6. The molecule has 1 amide bonds. The summed E-state index contributed by atoms with van der Waals surface area (Å²) < 4.78 is 48.3. The third-order valence-electron chi connectivity index (χ3n) is 6.71. The van der Waals surface area contributed by atoms with E-state index in [9.17, 15) is 18.0 Å². The Morgan fingerprint density at radius 1 is 1.39 bits per heavy atom. The van der Waals surface area contributed by atoms with E-state index in [0.717, 1.165) is 36.4 Å². The van der Waals surface area contributed by atoms with Gasteiger partial charge in [-0.15, -0.1) is 0 Å². The number of rotatable bonds is 7. The molecule has 1 aromatic carbocycles. The summed E-state index contributed by atoms with van der Waals surface area (Å²) in [4.78, 5) is 13.7. The lowest BCUT2D eigenvalue weighted by atomic mass is 10.1. The van der Waals surface area contributed by atoms with Gasteiger partial charge in [0.25, 0.3) is 5.91 Å². The molecule has 0 saturated heterocycles. The van der Waals surface area contributed by atoms with Crippen molar-refractivity contribution in [2.45, 2.75) is 43.2 Å². The van der Waals surface area contributed by atoms with E-state index in [1.165, 1.54) is 10.4 Å². The molecule has 1 fully saturated rings. The fraction of sp³-hybridized carbons (Fsp3) is 0.375. The summed E-state index contributed by atoms with van der Waals surface area (Å²) in [6.45, 7) is 1.26. The molecule has 4 N–H and O–H groups in total. The van der Waals surface area contributed by atoms with Crippen LogP contribution in [0.5, 0.6) is 0 Å². The summed E-state index contributed by atoms with van der Waals surface area (Å²) in [7, 11) is 1.71. The van der Waals surface area contributed by atoms with Crippen molar-refractivity contribution in [3.05, 3.63) is 58.4 Å². The van der Waals surface area contributed by atoms with Gasteiger partial charge >= 0.3 is 5.92 Å². The van der Waals surface area contributed by atoms with Crippen molar-refractivity contribution in [1.82, 2.24) is 24.0 Å². The highest BCUT2D eigenvalue weighted by Gasteiger charge is 2.41. The van der Waals surface area contributed by atoms with Crippen molar-refractivity contribution in [3.8, 4) is 0 Å². The molecule has 3 aromatic rings. The summed E-state index contributed by atoms with van der Waals surface area (Å²) in [5.41, 5.74) is 7.12. The molecule has 8 nitrogen and oxygen atoms in total. The van der Waals surface area contributed by atoms with Gasteiger partial charge in [-0.05, 0) is 49.9 Å². The number of nitrogens with two attached hydrogens (primary N) is 1. The van der Waals surface area contributed by atoms with E-state index in [1.54, 1.807) is 36.9 Å². The standard InChI is InChI=1S/C24H26F3N7OS/c1-13-20(36-33-11-15(8-28)22(29)24(26,27)12-33)7-19(32(13)2)23(35)30-10-17-18(25)6-3-14-9-31-34(21(14)17)16-4-5-16/h3,6-9,16,28H,4-5,10-12,29H2,1-2H3,(H,30,35). The van der Waals surface area contributed by atoms with Crippen LogP contribution in [0.4, 0.5) is 13.2 Å². The first-order valence-electron chi connectivity index (χ1n) is 11.5. The van der Waals surface area contributed by atoms with Crippen molar-refractivity contribution in [3.63, 3.8) is 0 Å². The minimum absolute atomic E-state index is 0.0156. The number of benzene rings is 1. The Hall–Kier alpha value is -3.25. The number of alkyl halides is 2. The molecule has 1 aliphatic carbocycles. The van der Waals surface area contributed by atoms with Crippen LogP contribution < -0.4 is 11.1 Å². The van der Waals surface area contributed by atoms with Crippen molar-refractivity contribution in [2.24, 2.45) is 12.8 Å². The molecule has 5 rings (SSSR count). The van der Waals surface area contributed by atoms with Crippen LogP contribution in [-0.4, -0.2) is 49.8 Å². The Morgan fingerprint density at radius 2 is 2.14 bits per heavy atom. The largest absolute Gasteiger partial charge is 0.397 e. The lowest BCUT2D eigenvalue weighted by Crippen LogP contribution is -2.44. The quantitative estimate of drug-likeness (QED) is 0.326. The van der Waals surface area contributed by atoms with Crippen LogP contribution in [0.3, 0.4) is 0 Å².